The Hall–Kier alpha value is -3.52. The van der Waals surface area contributed by atoms with Gasteiger partial charge in [-0.1, -0.05) is 13.0 Å². The van der Waals surface area contributed by atoms with Gasteiger partial charge in [0.15, 0.2) is 11.5 Å². The molecule has 0 bridgehead atoms. The number of aliphatic hydroxyl groups excluding tert-OH is 1. The third-order valence-electron chi connectivity index (χ3n) is 5.66. The van der Waals surface area contributed by atoms with Crippen molar-refractivity contribution in [2.24, 2.45) is 0 Å². The fourth-order valence-corrected chi connectivity index (χ4v) is 3.85. The van der Waals surface area contributed by atoms with Gasteiger partial charge in [0.05, 0.1) is 32.4 Å². The molecule has 8 nitrogen and oxygen atoms in total. The van der Waals surface area contributed by atoms with Crippen LogP contribution in [0.15, 0.2) is 48.0 Å². The van der Waals surface area contributed by atoms with E-state index in [2.05, 4.69) is 0 Å². The Labute approximate surface area is 200 Å². The molecule has 0 saturated carbocycles. The molecule has 1 N–H and O–H groups in total. The minimum atomic E-state index is -0.767. The number of nitrogens with zero attached hydrogens (tertiary/aromatic N) is 2. The van der Waals surface area contributed by atoms with E-state index in [0.717, 1.165) is 6.42 Å². The van der Waals surface area contributed by atoms with Gasteiger partial charge in [0, 0.05) is 18.7 Å². The Bertz CT molecular complexity index is 1060. The molecule has 3 rings (SSSR count). The summed E-state index contributed by atoms with van der Waals surface area (Å²) in [6.07, 6.45) is 0.845. The van der Waals surface area contributed by atoms with Crippen molar-refractivity contribution in [3.8, 4) is 17.2 Å². The standard InChI is InChI=1S/C26H32N2O6/c1-6-15-34-20-12-9-18(16-21(20)33-5)23-22(24(29)17-7-10-19(32-4)11-8-17)25(30)26(31)28(23)14-13-27(2)3/h7-12,16,23,29H,6,13-15H2,1-5H3/b24-22+/t23-/m1/s1. The van der Waals surface area contributed by atoms with Gasteiger partial charge < -0.3 is 29.1 Å². The van der Waals surface area contributed by atoms with Crippen LogP contribution in [0.1, 0.15) is 30.5 Å². The first-order valence-corrected chi connectivity index (χ1v) is 11.2. The maximum atomic E-state index is 13.1. The minimum Gasteiger partial charge on any atom is -0.507 e. The summed E-state index contributed by atoms with van der Waals surface area (Å²) >= 11 is 0. The van der Waals surface area contributed by atoms with E-state index in [1.165, 1.54) is 12.0 Å². The number of ketones is 1. The molecule has 8 heteroatoms. The molecule has 0 aromatic heterocycles. The lowest BCUT2D eigenvalue weighted by Gasteiger charge is -2.27. The number of carbonyl (C=O) groups is 2. The lowest BCUT2D eigenvalue weighted by Crippen LogP contribution is -2.35. The zero-order chi connectivity index (χ0) is 24.8. The second kappa shape index (κ2) is 11.1. The number of likely N-dealkylation sites (tertiary alicyclic amines) is 1. The summed E-state index contributed by atoms with van der Waals surface area (Å²) in [4.78, 5) is 29.6. The van der Waals surface area contributed by atoms with Crippen molar-refractivity contribution in [1.29, 1.82) is 0 Å². The molecule has 182 valence electrons. The maximum Gasteiger partial charge on any atom is 0.295 e. The van der Waals surface area contributed by atoms with E-state index in [1.807, 2.05) is 25.9 Å². The Morgan fingerprint density at radius 3 is 2.32 bits per heavy atom. The summed E-state index contributed by atoms with van der Waals surface area (Å²) in [7, 11) is 6.88. The van der Waals surface area contributed by atoms with Crippen LogP contribution in [0.2, 0.25) is 0 Å². The second-order valence-electron chi connectivity index (χ2n) is 8.28. The Balaban J connectivity index is 2.13. The zero-order valence-corrected chi connectivity index (χ0v) is 20.3. The molecule has 1 amide bonds. The number of rotatable bonds is 10. The average Bonchev–Trinajstić information content (AvgIpc) is 3.10. The van der Waals surface area contributed by atoms with Crippen LogP contribution < -0.4 is 14.2 Å². The monoisotopic (exact) mass is 468 g/mol. The molecule has 0 aliphatic carbocycles. The smallest absolute Gasteiger partial charge is 0.295 e. The highest BCUT2D eigenvalue weighted by molar-refractivity contribution is 6.46. The molecule has 2 aromatic rings. The Kier molecular flexibility index (Phi) is 8.17. The first kappa shape index (κ1) is 25.1. The molecule has 0 spiro atoms. The molecular weight excluding hydrogens is 436 g/mol. The van der Waals surface area contributed by atoms with Crippen LogP contribution in [0.5, 0.6) is 17.2 Å². The number of hydrogen-bond acceptors (Lipinski definition) is 7. The highest BCUT2D eigenvalue weighted by Crippen LogP contribution is 2.42. The Morgan fingerprint density at radius 2 is 1.74 bits per heavy atom. The Morgan fingerprint density at radius 1 is 1.03 bits per heavy atom. The van der Waals surface area contributed by atoms with E-state index in [4.69, 9.17) is 14.2 Å². The highest BCUT2D eigenvalue weighted by atomic mass is 16.5. The molecule has 1 aliphatic rings. The topological polar surface area (TPSA) is 88.5 Å². The normalized spacial score (nSPS) is 17.4. The SMILES string of the molecule is CCCOc1ccc([C@@H]2/C(=C(\O)c3ccc(OC)cc3)C(=O)C(=O)N2CCN(C)C)cc1OC. The number of Topliss-reactive ketones (excluding diaryl/α,β-unsaturated/α-hetero) is 1. The first-order chi connectivity index (χ1) is 16.3. The van der Waals surface area contributed by atoms with Gasteiger partial charge in [-0.25, -0.2) is 0 Å². The van der Waals surface area contributed by atoms with E-state index in [0.29, 0.717) is 48.1 Å². The number of ether oxygens (including phenoxy) is 3. The van der Waals surface area contributed by atoms with Crippen molar-refractivity contribution < 1.29 is 28.9 Å². The summed E-state index contributed by atoms with van der Waals surface area (Å²) in [5.41, 5.74) is 1.11. The largest absolute Gasteiger partial charge is 0.507 e. The fourth-order valence-electron chi connectivity index (χ4n) is 3.85. The molecular formula is C26H32N2O6. The fraction of sp³-hybridized carbons (Fsp3) is 0.385. The molecule has 1 fully saturated rings. The highest BCUT2D eigenvalue weighted by Gasteiger charge is 2.46. The van der Waals surface area contributed by atoms with Crippen molar-refractivity contribution >= 4 is 17.4 Å². The molecule has 1 atom stereocenters. The van der Waals surface area contributed by atoms with Gasteiger partial charge in [0.2, 0.25) is 0 Å². The quantitative estimate of drug-likeness (QED) is 0.324. The number of aliphatic hydroxyl groups is 1. The van der Waals surface area contributed by atoms with Gasteiger partial charge in [-0.05, 0) is 62.5 Å². The summed E-state index contributed by atoms with van der Waals surface area (Å²) in [6, 6.07) is 11.2. The van der Waals surface area contributed by atoms with Crippen LogP contribution in [0, 0.1) is 0 Å². The number of methoxy groups -OCH3 is 2. The number of likely N-dealkylation sites (N-methyl/N-ethyl adjacent to an activating group) is 1. The lowest BCUT2D eigenvalue weighted by molar-refractivity contribution is -0.140. The number of amides is 1. The predicted octanol–water partition coefficient (Wildman–Crippen LogP) is 3.48. The van der Waals surface area contributed by atoms with Crippen LogP contribution in [0.25, 0.3) is 5.76 Å². The van der Waals surface area contributed by atoms with Crippen LogP contribution in [-0.4, -0.2) is 74.6 Å². The third kappa shape index (κ3) is 5.17. The van der Waals surface area contributed by atoms with Crippen molar-refractivity contribution in [1.82, 2.24) is 9.80 Å². The van der Waals surface area contributed by atoms with E-state index >= 15 is 0 Å². The minimum absolute atomic E-state index is 0.0400. The van der Waals surface area contributed by atoms with Gasteiger partial charge in [-0.2, -0.15) is 0 Å². The van der Waals surface area contributed by atoms with Crippen molar-refractivity contribution in [3.63, 3.8) is 0 Å². The number of hydrogen-bond donors (Lipinski definition) is 1. The maximum absolute atomic E-state index is 13.1. The van der Waals surface area contributed by atoms with Crippen molar-refractivity contribution in [2.75, 3.05) is 48.0 Å². The molecule has 2 aromatic carbocycles. The van der Waals surface area contributed by atoms with E-state index in [1.54, 1.807) is 49.6 Å². The predicted molar refractivity (Wildman–Crippen MR) is 129 cm³/mol. The second-order valence-corrected chi connectivity index (χ2v) is 8.28. The van der Waals surface area contributed by atoms with Crippen LogP contribution in [-0.2, 0) is 9.59 Å². The summed E-state index contributed by atoms with van der Waals surface area (Å²) in [6.45, 7) is 3.42. The van der Waals surface area contributed by atoms with E-state index in [-0.39, 0.29) is 11.3 Å². The van der Waals surface area contributed by atoms with E-state index < -0.39 is 17.7 Å². The van der Waals surface area contributed by atoms with Gasteiger partial charge >= 0.3 is 0 Å². The summed E-state index contributed by atoms with van der Waals surface area (Å²) in [5.74, 6) is 0.0900. The lowest BCUT2D eigenvalue weighted by atomic mass is 9.95. The number of benzene rings is 2. The van der Waals surface area contributed by atoms with Crippen molar-refractivity contribution in [3.05, 3.63) is 59.2 Å². The van der Waals surface area contributed by atoms with Gasteiger partial charge in [0.1, 0.15) is 11.5 Å². The molecule has 1 saturated heterocycles. The number of carbonyl (C=O) groups excluding carboxylic acids is 2. The summed E-state index contributed by atoms with van der Waals surface area (Å²) in [5, 5.41) is 11.2. The van der Waals surface area contributed by atoms with Gasteiger partial charge in [0.25, 0.3) is 11.7 Å². The van der Waals surface area contributed by atoms with Gasteiger partial charge in [-0.15, -0.1) is 0 Å². The molecule has 34 heavy (non-hydrogen) atoms. The third-order valence-corrected chi connectivity index (χ3v) is 5.66. The molecule has 1 aliphatic heterocycles. The molecule has 0 radical (unpaired) electrons. The average molecular weight is 469 g/mol. The summed E-state index contributed by atoms with van der Waals surface area (Å²) < 4.78 is 16.5. The van der Waals surface area contributed by atoms with Gasteiger partial charge in [-0.3, -0.25) is 9.59 Å². The van der Waals surface area contributed by atoms with Crippen LogP contribution in [0.4, 0.5) is 0 Å². The zero-order valence-electron chi connectivity index (χ0n) is 20.3. The molecule has 0 unspecified atom stereocenters. The van der Waals surface area contributed by atoms with Crippen LogP contribution in [0.3, 0.4) is 0 Å². The van der Waals surface area contributed by atoms with E-state index in [9.17, 15) is 14.7 Å². The first-order valence-electron chi connectivity index (χ1n) is 11.2. The molecule has 1 heterocycles. The van der Waals surface area contributed by atoms with Crippen molar-refractivity contribution in [2.45, 2.75) is 19.4 Å². The van der Waals surface area contributed by atoms with Crippen LogP contribution >= 0.6 is 0 Å².